The van der Waals surface area contributed by atoms with Crippen molar-refractivity contribution in [2.75, 3.05) is 0 Å². The quantitative estimate of drug-likeness (QED) is 0.0831. The van der Waals surface area contributed by atoms with Crippen molar-refractivity contribution in [2.24, 2.45) is 0 Å². The summed E-state index contributed by atoms with van der Waals surface area (Å²) in [6.45, 7) is 0. The second-order valence-electron chi connectivity index (χ2n) is 6.61. The molecule has 0 bridgehead atoms. The van der Waals surface area contributed by atoms with Crippen molar-refractivity contribution in [3.8, 4) is 11.5 Å². The van der Waals surface area contributed by atoms with Gasteiger partial charge in [-0.2, -0.15) is 16.8 Å². The molecule has 40 heavy (non-hydrogen) atoms. The summed E-state index contributed by atoms with van der Waals surface area (Å²) in [4.78, 5) is 12.4. The van der Waals surface area contributed by atoms with Crippen molar-refractivity contribution in [3.05, 3.63) is 95.1 Å². The second-order valence-corrected chi connectivity index (χ2v) is 8.40. The van der Waals surface area contributed by atoms with Crippen LogP contribution in [0.4, 0.5) is 0 Å². The van der Waals surface area contributed by atoms with E-state index in [2.05, 4.69) is 0 Å². The number of carbonyl (C=O) groups is 1. The van der Waals surface area contributed by atoms with Crippen LogP contribution in [0.5, 0.6) is 11.5 Å². The molecule has 0 fully saturated rings. The molecule has 0 aromatic heterocycles. The largest absolute Gasteiger partial charge is 1.00 e. The number of esters is 1. The minimum Gasteiger partial charge on any atom is -1.00 e. The fourth-order valence-electron chi connectivity index (χ4n) is 3.20. The first-order valence-electron chi connectivity index (χ1n) is 8.93. The van der Waals surface area contributed by atoms with Crippen LogP contribution in [0.3, 0.4) is 0 Å². The molecule has 12 N–H and O–H groups in total. The second kappa shape index (κ2) is 21.9. The summed E-state index contributed by atoms with van der Waals surface area (Å²) in [6, 6.07) is 20.4. The summed E-state index contributed by atoms with van der Waals surface area (Å²) in [5, 5.41) is 19.2. The summed E-state index contributed by atoms with van der Waals surface area (Å²) >= 11 is 0. The van der Waals surface area contributed by atoms with Crippen molar-refractivity contribution < 1.29 is 230 Å². The number of cyclic esters (lactones) is 1. The van der Waals surface area contributed by atoms with Crippen molar-refractivity contribution in [1.82, 2.24) is 0 Å². The van der Waals surface area contributed by atoms with Crippen molar-refractivity contribution in [3.63, 3.8) is 0 Å². The van der Waals surface area contributed by atoms with Crippen LogP contribution < -0.4 is 154 Å². The van der Waals surface area contributed by atoms with Gasteiger partial charge in [0.2, 0.25) is 0 Å². The van der Waals surface area contributed by atoms with E-state index in [9.17, 15) is 15.0 Å². The van der Waals surface area contributed by atoms with Crippen molar-refractivity contribution in [2.45, 2.75) is 5.60 Å². The predicted molar refractivity (Wildman–Crippen MR) is 130 cm³/mol. The average molecular weight is 689 g/mol. The zero-order valence-electron chi connectivity index (χ0n) is 24.4. The van der Waals surface area contributed by atoms with E-state index >= 15 is 0 Å². The van der Waals surface area contributed by atoms with Gasteiger partial charge in [0, 0.05) is 16.7 Å². The van der Waals surface area contributed by atoms with Gasteiger partial charge in [-0.05, 0) is 30.3 Å². The topological polar surface area (TPSA) is 310 Å². The van der Waals surface area contributed by atoms with E-state index in [1.807, 2.05) is 12.1 Å². The molecular weight excluding hydrogens is 662 g/mol. The number of aromatic hydroxyl groups is 2. The molecule has 0 spiro atoms. The first kappa shape index (κ1) is 50.9. The SMILES string of the molecule is O.O.O.O=C1OC(c2ccc(O)cc2)(c2ccc(O)cc2)c2ccccc21.O=S(=O)(O)O.O=S(=O)(O)O.[H-].[H-].[H-].[K+].[K+].[K+]. The number of fused-ring (bicyclic) bond motifs is 1. The van der Waals surface area contributed by atoms with E-state index in [-0.39, 0.29) is 186 Å². The fourth-order valence-corrected chi connectivity index (χ4v) is 3.20. The zero-order valence-corrected chi connectivity index (χ0v) is 32.4. The smallest absolute Gasteiger partial charge is 1.00 e. The number of rotatable bonds is 2. The minimum absolute atomic E-state index is 0. The number of benzene rings is 3. The van der Waals surface area contributed by atoms with Crippen LogP contribution in [0.1, 0.15) is 31.3 Å². The average Bonchev–Trinajstić information content (AvgIpc) is 3.00. The van der Waals surface area contributed by atoms with E-state index in [1.165, 1.54) is 0 Å². The molecule has 1 heterocycles. The van der Waals surface area contributed by atoms with Crippen LogP contribution in [-0.2, 0) is 31.1 Å². The van der Waals surface area contributed by atoms with Gasteiger partial charge in [0.05, 0.1) is 5.56 Å². The van der Waals surface area contributed by atoms with Crippen molar-refractivity contribution in [1.29, 1.82) is 0 Å². The van der Waals surface area contributed by atoms with E-state index in [1.54, 1.807) is 60.7 Å². The van der Waals surface area contributed by atoms with Crippen molar-refractivity contribution >= 4 is 26.8 Å². The Labute approximate surface area is 361 Å². The predicted octanol–water partition coefficient (Wildman–Crippen LogP) is -8.87. The Kier molecular flexibility index (Phi) is 27.8. The number of ether oxygens (including phenoxy) is 1. The third-order valence-electron chi connectivity index (χ3n) is 4.32. The number of hydrogen-bond donors (Lipinski definition) is 6. The summed E-state index contributed by atoms with van der Waals surface area (Å²) in [5.74, 6) is -0.124. The van der Waals surface area contributed by atoms with Gasteiger partial charge < -0.3 is 35.7 Å². The first-order chi connectivity index (χ1) is 15.6. The van der Waals surface area contributed by atoms with E-state index in [0.29, 0.717) is 5.56 Å². The van der Waals surface area contributed by atoms with Gasteiger partial charge in [0.15, 0.2) is 5.60 Å². The molecular formula is C20H27K3O15S2. The Hall–Kier alpha value is 1.26. The third-order valence-corrected chi connectivity index (χ3v) is 4.32. The van der Waals surface area contributed by atoms with Gasteiger partial charge in [-0.15, -0.1) is 0 Å². The molecule has 3 aromatic carbocycles. The molecule has 212 valence electrons. The van der Waals surface area contributed by atoms with Gasteiger partial charge in [0.1, 0.15) is 11.5 Å². The summed E-state index contributed by atoms with van der Waals surface area (Å²) < 4.78 is 69.0. The maximum Gasteiger partial charge on any atom is 1.00 e. The van der Waals surface area contributed by atoms with Gasteiger partial charge in [-0.25, -0.2) is 4.79 Å². The van der Waals surface area contributed by atoms with Crippen LogP contribution in [0.2, 0.25) is 0 Å². The van der Waals surface area contributed by atoms with E-state index in [0.717, 1.165) is 16.7 Å². The normalized spacial score (nSPS) is 11.8. The standard InChI is InChI=1S/C20H14O4.3K.2H2O4S.3H2O.3H/c21-15-9-5-13(6-10-15)20(14-7-11-16(22)12-8-14)18-4-2-1-3-17(18)19(23)24-20;;;;2*1-5(2,3)4;;;;;;/h1-12,21-22H;;;;2*(H2,1,2,3,4);3*1H2;;;/q;3*+1;;;;;;3*-1. The van der Waals surface area contributed by atoms with Gasteiger partial charge in [-0.3, -0.25) is 18.2 Å². The summed E-state index contributed by atoms with van der Waals surface area (Å²) in [6.07, 6.45) is 0. The minimum atomic E-state index is -4.67. The number of carbonyl (C=O) groups excluding carboxylic acids is 1. The monoisotopic (exact) mass is 688 g/mol. The van der Waals surface area contributed by atoms with E-state index in [4.69, 9.17) is 39.8 Å². The van der Waals surface area contributed by atoms with Crippen LogP contribution in [0.15, 0.2) is 72.8 Å². The molecule has 3 aromatic rings. The van der Waals surface area contributed by atoms with Crippen LogP contribution in [-0.4, -0.2) is 67.7 Å². The Morgan fingerprint density at radius 3 is 1.23 bits per heavy atom. The Morgan fingerprint density at radius 2 is 0.900 bits per heavy atom. The Morgan fingerprint density at radius 1 is 0.600 bits per heavy atom. The maximum absolute atomic E-state index is 12.4. The molecule has 20 heteroatoms. The summed E-state index contributed by atoms with van der Waals surface area (Å²) in [5.41, 5.74) is 1.60. The number of phenols is 2. The molecule has 0 aliphatic carbocycles. The van der Waals surface area contributed by atoms with Gasteiger partial charge in [0.25, 0.3) is 0 Å². The van der Waals surface area contributed by atoms with Crippen LogP contribution in [0, 0.1) is 0 Å². The molecule has 15 nitrogen and oxygen atoms in total. The molecule has 1 aliphatic rings. The third kappa shape index (κ3) is 16.4. The molecule has 0 atom stereocenters. The molecule has 0 amide bonds. The number of phenolic OH excluding ortho intramolecular Hbond substituents is 2. The van der Waals surface area contributed by atoms with Gasteiger partial charge in [-0.1, -0.05) is 42.5 Å². The molecule has 4 rings (SSSR count). The molecule has 0 unspecified atom stereocenters. The zero-order chi connectivity index (χ0) is 25.7. The molecule has 1 aliphatic heterocycles. The Balaban J connectivity index is -0.0000000952. The van der Waals surface area contributed by atoms with E-state index < -0.39 is 32.4 Å². The van der Waals surface area contributed by atoms with Crippen LogP contribution >= 0.6 is 0 Å². The molecule has 0 saturated carbocycles. The Bertz CT molecular complexity index is 1310. The summed E-state index contributed by atoms with van der Waals surface area (Å²) in [7, 11) is -9.33. The maximum atomic E-state index is 12.4. The molecule has 0 saturated heterocycles. The number of hydrogen-bond acceptors (Lipinski definition) is 8. The van der Waals surface area contributed by atoms with Crippen LogP contribution in [0.25, 0.3) is 0 Å². The fraction of sp³-hybridized carbons (Fsp3) is 0.0500. The first-order valence-corrected chi connectivity index (χ1v) is 11.7. The van der Waals surface area contributed by atoms with Gasteiger partial charge >= 0.3 is 181 Å². The molecule has 0 radical (unpaired) electrons.